The predicted molar refractivity (Wildman–Crippen MR) is 64.8 cm³/mol. The van der Waals surface area contributed by atoms with Gasteiger partial charge in [-0.1, -0.05) is 0 Å². The molecule has 2 aliphatic rings. The minimum absolute atomic E-state index is 0.846. The number of H-pyrrole nitrogens is 1. The lowest BCUT2D eigenvalue weighted by atomic mass is 10.2. The van der Waals surface area contributed by atoms with Crippen LogP contribution >= 0.6 is 0 Å². The predicted octanol–water partition coefficient (Wildman–Crippen LogP) is 2.15. The van der Waals surface area contributed by atoms with Crippen molar-refractivity contribution in [2.45, 2.75) is 25.7 Å². The molecule has 3 rings (SSSR count). The molecule has 88 valence electrons. The van der Waals surface area contributed by atoms with Gasteiger partial charge in [-0.15, -0.1) is 0 Å². The number of hydroxylamine groups is 1. The SMILES string of the molecule is c1cc(N2CCC2)c(N2CCCCCO2)[nH]1. The van der Waals surface area contributed by atoms with E-state index >= 15 is 0 Å². The van der Waals surface area contributed by atoms with E-state index in [1.54, 1.807) is 0 Å². The van der Waals surface area contributed by atoms with Gasteiger partial charge in [-0.3, -0.25) is 4.84 Å². The van der Waals surface area contributed by atoms with E-state index in [1.807, 2.05) is 11.3 Å². The smallest absolute Gasteiger partial charge is 0.154 e. The molecule has 0 bridgehead atoms. The van der Waals surface area contributed by atoms with Crippen molar-refractivity contribution in [1.82, 2.24) is 4.98 Å². The van der Waals surface area contributed by atoms with E-state index in [2.05, 4.69) is 16.0 Å². The summed E-state index contributed by atoms with van der Waals surface area (Å²) in [6, 6.07) is 2.16. The standard InChI is InChI=1S/C12H19N3O/c1-2-9-15(16-10-3-1)12-11(5-6-13-12)14-7-4-8-14/h5-6,13H,1-4,7-10H2. The van der Waals surface area contributed by atoms with Crippen LogP contribution in [-0.4, -0.2) is 31.2 Å². The first kappa shape index (κ1) is 10.0. The first-order chi connectivity index (χ1) is 7.95. The molecule has 4 nitrogen and oxygen atoms in total. The fourth-order valence-electron chi connectivity index (χ4n) is 2.31. The third-order valence-corrected chi connectivity index (χ3v) is 3.40. The maximum absolute atomic E-state index is 5.78. The molecule has 1 aromatic rings. The van der Waals surface area contributed by atoms with Gasteiger partial charge < -0.3 is 9.88 Å². The van der Waals surface area contributed by atoms with Gasteiger partial charge in [0, 0.05) is 25.8 Å². The largest absolute Gasteiger partial charge is 0.368 e. The highest BCUT2D eigenvalue weighted by Gasteiger charge is 2.22. The fraction of sp³-hybridized carbons (Fsp3) is 0.667. The van der Waals surface area contributed by atoms with Gasteiger partial charge in [-0.25, -0.2) is 5.06 Å². The Balaban J connectivity index is 1.78. The topological polar surface area (TPSA) is 31.5 Å². The molecule has 16 heavy (non-hydrogen) atoms. The lowest BCUT2D eigenvalue weighted by Gasteiger charge is -2.34. The zero-order chi connectivity index (χ0) is 10.8. The minimum Gasteiger partial charge on any atom is -0.368 e. The molecule has 2 saturated heterocycles. The highest BCUT2D eigenvalue weighted by Crippen LogP contribution is 2.32. The van der Waals surface area contributed by atoms with Crippen molar-refractivity contribution in [2.24, 2.45) is 0 Å². The molecule has 3 heterocycles. The Morgan fingerprint density at radius 3 is 2.81 bits per heavy atom. The summed E-state index contributed by atoms with van der Waals surface area (Å²) in [5.41, 5.74) is 1.30. The second-order valence-electron chi connectivity index (χ2n) is 4.55. The van der Waals surface area contributed by atoms with E-state index in [0.717, 1.165) is 19.0 Å². The Kier molecular flexibility index (Phi) is 2.74. The molecular formula is C12H19N3O. The van der Waals surface area contributed by atoms with Gasteiger partial charge in [-0.2, -0.15) is 0 Å². The first-order valence-corrected chi connectivity index (χ1v) is 6.28. The van der Waals surface area contributed by atoms with Crippen molar-refractivity contribution in [1.29, 1.82) is 0 Å². The monoisotopic (exact) mass is 221 g/mol. The normalized spacial score (nSPS) is 21.8. The van der Waals surface area contributed by atoms with Crippen LogP contribution in [-0.2, 0) is 4.84 Å². The van der Waals surface area contributed by atoms with Gasteiger partial charge in [0.25, 0.3) is 0 Å². The third kappa shape index (κ3) is 1.78. The van der Waals surface area contributed by atoms with Crippen LogP contribution in [0.4, 0.5) is 11.5 Å². The molecule has 0 unspecified atom stereocenters. The van der Waals surface area contributed by atoms with Crippen LogP contribution in [0.5, 0.6) is 0 Å². The van der Waals surface area contributed by atoms with Crippen LogP contribution in [0, 0.1) is 0 Å². The molecule has 0 radical (unpaired) electrons. The molecule has 0 amide bonds. The zero-order valence-corrected chi connectivity index (χ0v) is 9.61. The van der Waals surface area contributed by atoms with Crippen molar-refractivity contribution in [3.05, 3.63) is 12.3 Å². The Morgan fingerprint density at radius 2 is 2.00 bits per heavy atom. The highest BCUT2D eigenvalue weighted by atomic mass is 16.7. The van der Waals surface area contributed by atoms with Crippen LogP contribution in [0.2, 0.25) is 0 Å². The fourth-order valence-corrected chi connectivity index (χ4v) is 2.31. The minimum atomic E-state index is 0.846. The van der Waals surface area contributed by atoms with Gasteiger partial charge >= 0.3 is 0 Å². The van der Waals surface area contributed by atoms with Gasteiger partial charge in [0.15, 0.2) is 5.82 Å². The zero-order valence-electron chi connectivity index (χ0n) is 9.61. The molecule has 2 aliphatic heterocycles. The van der Waals surface area contributed by atoms with Crippen molar-refractivity contribution in [2.75, 3.05) is 36.2 Å². The number of hydrogen-bond donors (Lipinski definition) is 1. The van der Waals surface area contributed by atoms with Crippen LogP contribution in [0.25, 0.3) is 0 Å². The summed E-state index contributed by atoms with van der Waals surface area (Å²) in [5, 5.41) is 2.04. The van der Waals surface area contributed by atoms with Crippen LogP contribution in [0.15, 0.2) is 12.3 Å². The van der Waals surface area contributed by atoms with E-state index in [4.69, 9.17) is 4.84 Å². The molecule has 0 atom stereocenters. The summed E-state index contributed by atoms with van der Waals surface area (Å²) in [4.78, 5) is 11.5. The maximum Gasteiger partial charge on any atom is 0.154 e. The molecule has 0 spiro atoms. The molecule has 0 aromatic carbocycles. The molecule has 1 aromatic heterocycles. The second kappa shape index (κ2) is 4.37. The van der Waals surface area contributed by atoms with Gasteiger partial charge in [-0.05, 0) is 31.7 Å². The average Bonchev–Trinajstić information content (AvgIpc) is 2.52. The summed E-state index contributed by atoms with van der Waals surface area (Å²) < 4.78 is 0. The van der Waals surface area contributed by atoms with Crippen molar-refractivity contribution in [3.8, 4) is 0 Å². The second-order valence-corrected chi connectivity index (χ2v) is 4.55. The molecule has 0 aliphatic carbocycles. The summed E-state index contributed by atoms with van der Waals surface area (Å²) >= 11 is 0. The number of nitrogens with one attached hydrogen (secondary N) is 1. The number of aromatic amines is 1. The lowest BCUT2D eigenvalue weighted by molar-refractivity contribution is 0.117. The molecule has 1 N–H and O–H groups in total. The lowest BCUT2D eigenvalue weighted by Crippen LogP contribution is -2.38. The Bertz CT molecular complexity index is 338. The van der Waals surface area contributed by atoms with Crippen molar-refractivity contribution >= 4 is 11.5 Å². The quantitative estimate of drug-likeness (QED) is 0.830. The summed E-state index contributed by atoms with van der Waals surface area (Å²) in [6.45, 7) is 4.21. The number of rotatable bonds is 2. The van der Waals surface area contributed by atoms with E-state index in [-0.39, 0.29) is 0 Å². The van der Waals surface area contributed by atoms with Crippen LogP contribution < -0.4 is 9.96 Å². The van der Waals surface area contributed by atoms with E-state index < -0.39 is 0 Å². The van der Waals surface area contributed by atoms with Gasteiger partial charge in [0.05, 0.1) is 12.3 Å². The number of anilines is 2. The van der Waals surface area contributed by atoms with Gasteiger partial charge in [0.1, 0.15) is 0 Å². The average molecular weight is 221 g/mol. The van der Waals surface area contributed by atoms with E-state index in [0.29, 0.717) is 0 Å². The summed E-state index contributed by atoms with van der Waals surface area (Å²) in [6.07, 6.45) is 6.99. The molecule has 0 saturated carbocycles. The number of aromatic nitrogens is 1. The maximum atomic E-state index is 5.78. The Morgan fingerprint density at radius 1 is 1.06 bits per heavy atom. The van der Waals surface area contributed by atoms with Gasteiger partial charge in [0.2, 0.25) is 0 Å². The Labute approximate surface area is 96.1 Å². The molecule has 2 fully saturated rings. The third-order valence-electron chi connectivity index (χ3n) is 3.40. The first-order valence-electron chi connectivity index (χ1n) is 6.28. The number of nitrogens with zero attached hydrogens (tertiary/aromatic N) is 2. The van der Waals surface area contributed by atoms with Crippen LogP contribution in [0.3, 0.4) is 0 Å². The summed E-state index contributed by atoms with van der Waals surface area (Å²) in [5.74, 6) is 1.14. The van der Waals surface area contributed by atoms with Crippen molar-refractivity contribution < 1.29 is 4.84 Å². The van der Waals surface area contributed by atoms with Crippen molar-refractivity contribution in [3.63, 3.8) is 0 Å². The summed E-state index contributed by atoms with van der Waals surface area (Å²) in [7, 11) is 0. The Hall–Kier alpha value is -1.16. The highest BCUT2D eigenvalue weighted by molar-refractivity contribution is 5.67. The van der Waals surface area contributed by atoms with E-state index in [1.165, 1.54) is 44.5 Å². The number of hydrogen-bond acceptors (Lipinski definition) is 3. The molecule has 4 heteroatoms. The van der Waals surface area contributed by atoms with Crippen LogP contribution in [0.1, 0.15) is 25.7 Å². The van der Waals surface area contributed by atoms with E-state index in [9.17, 15) is 0 Å². The molecular weight excluding hydrogens is 202 g/mol.